The molecule has 0 saturated carbocycles. The summed E-state index contributed by atoms with van der Waals surface area (Å²) in [6, 6.07) is 14.5. The number of cyclic esters (lactones) is 1. The lowest BCUT2D eigenvalue weighted by Gasteiger charge is -2.23. The highest BCUT2D eigenvalue weighted by Gasteiger charge is 2.36. The predicted octanol–water partition coefficient (Wildman–Crippen LogP) is 5.65. The number of imidazole rings is 1. The molecule has 11 heteroatoms. The Kier molecular flexibility index (Phi) is 5.77. The Hall–Kier alpha value is -4.41. The molecular weight excluding hydrogens is 497 g/mol. The van der Waals surface area contributed by atoms with Gasteiger partial charge in [0.15, 0.2) is 0 Å². The van der Waals surface area contributed by atoms with Crippen molar-refractivity contribution in [2.24, 2.45) is 0 Å². The summed E-state index contributed by atoms with van der Waals surface area (Å²) in [5, 5.41) is 3.26. The number of hydrogen-bond acceptors (Lipinski definition) is 6. The molecule has 194 valence electrons. The zero-order valence-electron chi connectivity index (χ0n) is 20.3. The smallest absolute Gasteiger partial charge is 0.416 e. The van der Waals surface area contributed by atoms with Gasteiger partial charge in [-0.15, -0.1) is 0 Å². The minimum Gasteiger partial charge on any atom is -0.447 e. The molecule has 2 aromatic heterocycles. The van der Waals surface area contributed by atoms with Crippen molar-refractivity contribution < 1.29 is 22.7 Å². The number of hydrogen-bond donors (Lipinski definition) is 1. The second-order valence-corrected chi connectivity index (χ2v) is 9.27. The molecule has 38 heavy (non-hydrogen) atoms. The number of nitrogens with one attached hydrogen (secondary N) is 1. The van der Waals surface area contributed by atoms with Crippen LogP contribution in [0.4, 0.5) is 29.7 Å². The molecule has 2 atom stereocenters. The van der Waals surface area contributed by atoms with Crippen LogP contribution in [0.1, 0.15) is 47.1 Å². The van der Waals surface area contributed by atoms with Crippen molar-refractivity contribution in [3.8, 4) is 5.69 Å². The lowest BCUT2D eigenvalue weighted by atomic mass is 9.97. The summed E-state index contributed by atoms with van der Waals surface area (Å²) in [6.45, 7) is 2.14. The lowest BCUT2D eigenvalue weighted by molar-refractivity contribution is -0.137. The van der Waals surface area contributed by atoms with Gasteiger partial charge in [0.25, 0.3) is 0 Å². The van der Waals surface area contributed by atoms with Crippen LogP contribution in [0.2, 0.25) is 0 Å². The van der Waals surface area contributed by atoms with Crippen LogP contribution in [0.3, 0.4) is 0 Å². The van der Waals surface area contributed by atoms with Crippen LogP contribution in [0, 0.1) is 0 Å². The van der Waals surface area contributed by atoms with E-state index in [0.29, 0.717) is 35.9 Å². The summed E-state index contributed by atoms with van der Waals surface area (Å²) in [6.07, 6.45) is -0.621. The standard InChI is InChI=1S/C27H23F3N6O2/c1-16(24-21-9-7-18-13-19(27(28,29)30)8-10-20(18)35(21)15-32-24)33-25-31-12-11-23(34-25)36-22(14-38-26(36)37)17-5-3-2-4-6-17/h2-6,8,10-13,15-16,22H,7,9,14H2,1H3,(H,31,33,34)/t16-,22+/m0/s1. The minimum absolute atomic E-state index is 0.221. The van der Waals surface area contributed by atoms with E-state index >= 15 is 0 Å². The van der Waals surface area contributed by atoms with Crippen molar-refractivity contribution in [2.75, 3.05) is 16.8 Å². The van der Waals surface area contributed by atoms with Gasteiger partial charge < -0.3 is 14.6 Å². The number of ether oxygens (including phenoxy) is 1. The van der Waals surface area contributed by atoms with Crippen LogP contribution in [-0.2, 0) is 23.8 Å². The third-order valence-corrected chi connectivity index (χ3v) is 6.90. The number of halogens is 3. The molecule has 0 bridgehead atoms. The van der Waals surface area contributed by atoms with E-state index in [2.05, 4.69) is 20.3 Å². The number of carbonyl (C=O) groups excluding carboxylic acids is 1. The van der Waals surface area contributed by atoms with E-state index in [1.165, 1.54) is 17.0 Å². The van der Waals surface area contributed by atoms with Gasteiger partial charge in [0.1, 0.15) is 18.5 Å². The highest BCUT2D eigenvalue weighted by molar-refractivity contribution is 5.89. The maximum absolute atomic E-state index is 13.2. The Labute approximate surface area is 216 Å². The molecule has 2 aromatic carbocycles. The normalized spacial score (nSPS) is 17.5. The summed E-state index contributed by atoms with van der Waals surface area (Å²) in [5.41, 5.74) is 3.30. The Morgan fingerprint density at radius 2 is 1.89 bits per heavy atom. The van der Waals surface area contributed by atoms with E-state index in [9.17, 15) is 18.0 Å². The average molecular weight is 521 g/mol. The fraction of sp³-hybridized carbons (Fsp3) is 0.259. The van der Waals surface area contributed by atoms with Gasteiger partial charge in [0.2, 0.25) is 5.95 Å². The highest BCUT2D eigenvalue weighted by atomic mass is 19.4. The van der Waals surface area contributed by atoms with Crippen LogP contribution in [0.25, 0.3) is 5.69 Å². The van der Waals surface area contributed by atoms with Gasteiger partial charge in [-0.1, -0.05) is 30.3 Å². The van der Waals surface area contributed by atoms with Gasteiger partial charge in [0.05, 0.1) is 23.6 Å². The molecule has 1 saturated heterocycles. The van der Waals surface area contributed by atoms with Gasteiger partial charge in [0, 0.05) is 17.6 Å². The number of anilines is 2. The topological polar surface area (TPSA) is 85.2 Å². The summed E-state index contributed by atoms with van der Waals surface area (Å²) in [5.74, 6) is 0.724. The van der Waals surface area contributed by atoms with Crippen LogP contribution in [0.5, 0.6) is 0 Å². The van der Waals surface area contributed by atoms with Gasteiger partial charge in [-0.2, -0.15) is 18.2 Å². The molecule has 0 aliphatic carbocycles. The van der Waals surface area contributed by atoms with E-state index in [-0.39, 0.29) is 18.7 Å². The van der Waals surface area contributed by atoms with Crippen molar-refractivity contribution in [1.29, 1.82) is 0 Å². The maximum atomic E-state index is 13.2. The number of rotatable bonds is 5. The zero-order chi connectivity index (χ0) is 26.4. The number of amides is 1. The largest absolute Gasteiger partial charge is 0.447 e. The maximum Gasteiger partial charge on any atom is 0.416 e. The number of aryl methyl sites for hydroxylation is 1. The number of fused-ring (bicyclic) bond motifs is 3. The Morgan fingerprint density at radius 1 is 1.08 bits per heavy atom. The fourth-order valence-corrected chi connectivity index (χ4v) is 5.07. The molecule has 4 heterocycles. The van der Waals surface area contributed by atoms with Crippen LogP contribution in [0.15, 0.2) is 67.1 Å². The number of nitrogens with zero attached hydrogens (tertiary/aromatic N) is 5. The summed E-state index contributed by atoms with van der Waals surface area (Å²) in [4.78, 5) is 27.5. The van der Waals surface area contributed by atoms with Crippen molar-refractivity contribution in [1.82, 2.24) is 19.5 Å². The number of benzene rings is 2. The fourth-order valence-electron chi connectivity index (χ4n) is 5.07. The second kappa shape index (κ2) is 9.16. The van der Waals surface area contributed by atoms with Gasteiger partial charge in [-0.05, 0) is 55.2 Å². The monoisotopic (exact) mass is 520 g/mol. The average Bonchev–Trinajstić information content (AvgIpc) is 3.52. The molecule has 0 radical (unpaired) electrons. The van der Waals surface area contributed by atoms with E-state index in [4.69, 9.17) is 4.74 Å². The highest BCUT2D eigenvalue weighted by Crippen LogP contribution is 2.36. The van der Waals surface area contributed by atoms with Gasteiger partial charge >= 0.3 is 12.3 Å². The molecule has 0 unspecified atom stereocenters. The van der Waals surface area contributed by atoms with Crippen molar-refractivity contribution in [2.45, 2.75) is 38.0 Å². The first-order valence-electron chi connectivity index (χ1n) is 12.2. The third kappa shape index (κ3) is 4.23. The SMILES string of the molecule is C[C@H](Nc1nccc(N2C(=O)OC[C@@H]2c2ccccc2)n1)c1ncn2c1CCc1cc(C(F)(F)F)ccc1-2. The van der Waals surface area contributed by atoms with E-state index in [0.717, 1.165) is 23.0 Å². The molecule has 2 aliphatic rings. The van der Waals surface area contributed by atoms with Crippen LogP contribution in [-0.4, -0.2) is 32.2 Å². The van der Waals surface area contributed by atoms with Crippen molar-refractivity contribution >= 4 is 17.9 Å². The van der Waals surface area contributed by atoms with E-state index in [1.807, 2.05) is 41.8 Å². The van der Waals surface area contributed by atoms with E-state index < -0.39 is 17.8 Å². The quantitative estimate of drug-likeness (QED) is 0.366. The third-order valence-electron chi connectivity index (χ3n) is 6.90. The molecule has 2 aliphatic heterocycles. The molecule has 8 nitrogen and oxygen atoms in total. The first kappa shape index (κ1) is 24.0. The Balaban J connectivity index is 1.24. The Bertz CT molecular complexity index is 1500. The van der Waals surface area contributed by atoms with Crippen molar-refractivity contribution in [3.05, 3.63) is 95.2 Å². The molecule has 1 N–H and O–H groups in total. The molecule has 1 fully saturated rings. The number of alkyl halides is 3. The lowest BCUT2D eigenvalue weighted by Crippen LogP contribution is -2.28. The van der Waals surface area contributed by atoms with Gasteiger partial charge in [-0.25, -0.2) is 14.8 Å². The number of aromatic nitrogens is 4. The summed E-state index contributed by atoms with van der Waals surface area (Å²) >= 11 is 0. The minimum atomic E-state index is -4.38. The Morgan fingerprint density at radius 3 is 2.68 bits per heavy atom. The summed E-state index contributed by atoms with van der Waals surface area (Å²) in [7, 11) is 0. The predicted molar refractivity (Wildman–Crippen MR) is 133 cm³/mol. The number of carbonyl (C=O) groups is 1. The molecular formula is C27H23F3N6O2. The molecule has 6 rings (SSSR count). The van der Waals surface area contributed by atoms with Crippen LogP contribution < -0.4 is 10.2 Å². The molecule has 0 spiro atoms. The first-order valence-corrected chi connectivity index (χ1v) is 12.2. The van der Waals surface area contributed by atoms with Gasteiger partial charge in [-0.3, -0.25) is 4.90 Å². The van der Waals surface area contributed by atoms with E-state index in [1.54, 1.807) is 18.6 Å². The first-order chi connectivity index (χ1) is 18.3. The molecule has 1 amide bonds. The summed E-state index contributed by atoms with van der Waals surface area (Å²) < 4.78 is 46.6. The van der Waals surface area contributed by atoms with Crippen LogP contribution >= 0.6 is 0 Å². The molecule has 4 aromatic rings. The second-order valence-electron chi connectivity index (χ2n) is 9.27. The zero-order valence-corrected chi connectivity index (χ0v) is 20.3. The van der Waals surface area contributed by atoms with Crippen molar-refractivity contribution in [3.63, 3.8) is 0 Å².